The molecule has 1 N–H and O–H groups in total. The minimum atomic E-state index is 0.0649. The SMILES string of the molecule is CSc1ccc(C(=O)C2CCN2)cc1. The van der Waals surface area contributed by atoms with Gasteiger partial charge in [-0.05, 0) is 31.4 Å². The van der Waals surface area contributed by atoms with E-state index in [9.17, 15) is 4.79 Å². The van der Waals surface area contributed by atoms with Gasteiger partial charge in [0, 0.05) is 10.5 Å². The summed E-state index contributed by atoms with van der Waals surface area (Å²) in [5, 5.41) is 3.12. The van der Waals surface area contributed by atoms with E-state index in [2.05, 4.69) is 5.32 Å². The maximum Gasteiger partial charge on any atom is 0.179 e. The Hall–Kier alpha value is -0.800. The fourth-order valence-electron chi connectivity index (χ4n) is 1.47. The second-order valence-corrected chi connectivity index (χ2v) is 4.27. The van der Waals surface area contributed by atoms with E-state index in [1.807, 2.05) is 30.5 Å². The zero-order chi connectivity index (χ0) is 9.97. The molecule has 1 aliphatic rings. The van der Waals surface area contributed by atoms with Crippen LogP contribution < -0.4 is 5.32 Å². The molecule has 0 aliphatic carbocycles. The molecule has 74 valence electrons. The number of thioether (sulfide) groups is 1. The van der Waals surface area contributed by atoms with Gasteiger partial charge in [-0.3, -0.25) is 4.79 Å². The highest BCUT2D eigenvalue weighted by molar-refractivity contribution is 7.98. The van der Waals surface area contributed by atoms with Crippen LogP contribution in [-0.4, -0.2) is 24.6 Å². The lowest BCUT2D eigenvalue weighted by atomic mass is 9.97. The molecule has 1 fully saturated rings. The van der Waals surface area contributed by atoms with Gasteiger partial charge < -0.3 is 5.32 Å². The number of Topliss-reactive ketones (excluding diaryl/α,β-unsaturated/α-hetero) is 1. The van der Waals surface area contributed by atoms with Gasteiger partial charge in [0.1, 0.15) is 0 Å². The Bertz CT molecular complexity index is 330. The molecule has 1 aromatic carbocycles. The van der Waals surface area contributed by atoms with Crippen LogP contribution in [0.3, 0.4) is 0 Å². The fraction of sp³-hybridized carbons (Fsp3) is 0.364. The first-order valence-electron chi connectivity index (χ1n) is 4.73. The molecule has 1 heterocycles. The van der Waals surface area contributed by atoms with Gasteiger partial charge in [0.05, 0.1) is 6.04 Å². The first-order valence-corrected chi connectivity index (χ1v) is 5.95. The summed E-state index contributed by atoms with van der Waals surface area (Å²) >= 11 is 1.69. The van der Waals surface area contributed by atoms with Crippen LogP contribution in [0.4, 0.5) is 0 Å². The van der Waals surface area contributed by atoms with Crippen molar-refractivity contribution in [3.05, 3.63) is 29.8 Å². The monoisotopic (exact) mass is 207 g/mol. The summed E-state index contributed by atoms with van der Waals surface area (Å²) < 4.78 is 0. The van der Waals surface area contributed by atoms with Crippen LogP contribution >= 0.6 is 11.8 Å². The molecule has 0 saturated carbocycles. The van der Waals surface area contributed by atoms with Crippen LogP contribution in [0, 0.1) is 0 Å². The van der Waals surface area contributed by atoms with E-state index >= 15 is 0 Å². The second kappa shape index (κ2) is 4.15. The van der Waals surface area contributed by atoms with Crippen molar-refractivity contribution in [3.63, 3.8) is 0 Å². The van der Waals surface area contributed by atoms with E-state index in [1.165, 1.54) is 4.90 Å². The summed E-state index contributed by atoms with van der Waals surface area (Å²) in [6.45, 7) is 0.972. The zero-order valence-corrected chi connectivity index (χ0v) is 8.93. The molecule has 1 atom stereocenters. The van der Waals surface area contributed by atoms with Crippen molar-refractivity contribution in [1.29, 1.82) is 0 Å². The summed E-state index contributed by atoms with van der Waals surface area (Å²) in [6, 6.07) is 7.88. The lowest BCUT2D eigenvalue weighted by Crippen LogP contribution is -2.48. The first kappa shape index (κ1) is 9.74. The van der Waals surface area contributed by atoms with Gasteiger partial charge in [0.2, 0.25) is 0 Å². The highest BCUT2D eigenvalue weighted by atomic mass is 32.2. The van der Waals surface area contributed by atoms with E-state index in [-0.39, 0.29) is 11.8 Å². The number of ketones is 1. The Morgan fingerprint density at radius 2 is 2.07 bits per heavy atom. The van der Waals surface area contributed by atoms with Gasteiger partial charge in [-0.1, -0.05) is 12.1 Å². The van der Waals surface area contributed by atoms with E-state index in [1.54, 1.807) is 11.8 Å². The van der Waals surface area contributed by atoms with Gasteiger partial charge in [0.25, 0.3) is 0 Å². The van der Waals surface area contributed by atoms with Crippen molar-refractivity contribution in [1.82, 2.24) is 5.32 Å². The summed E-state index contributed by atoms with van der Waals surface area (Å²) in [5.74, 6) is 0.226. The third-order valence-electron chi connectivity index (χ3n) is 2.51. The van der Waals surface area contributed by atoms with Crippen LogP contribution in [0.2, 0.25) is 0 Å². The van der Waals surface area contributed by atoms with Crippen LogP contribution in [0.15, 0.2) is 29.2 Å². The Balaban J connectivity index is 2.11. The Morgan fingerprint density at radius 3 is 2.50 bits per heavy atom. The molecule has 0 aromatic heterocycles. The molecule has 0 bridgehead atoms. The van der Waals surface area contributed by atoms with Gasteiger partial charge in [-0.2, -0.15) is 0 Å². The first-order chi connectivity index (χ1) is 6.81. The number of nitrogens with one attached hydrogen (secondary N) is 1. The molecule has 1 aromatic rings. The molecule has 1 unspecified atom stereocenters. The third-order valence-corrected chi connectivity index (χ3v) is 3.26. The lowest BCUT2D eigenvalue weighted by molar-refractivity contribution is 0.0904. The normalized spacial score (nSPS) is 20.2. The van der Waals surface area contributed by atoms with Crippen molar-refractivity contribution >= 4 is 17.5 Å². The molecule has 0 radical (unpaired) electrons. The number of carbonyl (C=O) groups is 1. The Labute approximate surface area is 88.1 Å². The minimum absolute atomic E-state index is 0.0649. The van der Waals surface area contributed by atoms with E-state index < -0.39 is 0 Å². The number of hydrogen-bond acceptors (Lipinski definition) is 3. The topological polar surface area (TPSA) is 29.1 Å². The van der Waals surface area contributed by atoms with Gasteiger partial charge in [-0.15, -0.1) is 11.8 Å². The summed E-state index contributed by atoms with van der Waals surface area (Å²) in [7, 11) is 0. The van der Waals surface area contributed by atoms with Crippen molar-refractivity contribution in [2.75, 3.05) is 12.8 Å². The second-order valence-electron chi connectivity index (χ2n) is 3.39. The molecule has 1 saturated heterocycles. The molecule has 2 rings (SSSR count). The minimum Gasteiger partial charge on any atom is -0.307 e. The highest BCUT2D eigenvalue weighted by Gasteiger charge is 2.25. The molecular weight excluding hydrogens is 194 g/mol. The smallest absolute Gasteiger partial charge is 0.179 e. The predicted molar refractivity (Wildman–Crippen MR) is 59.0 cm³/mol. The zero-order valence-electron chi connectivity index (χ0n) is 8.12. The molecule has 0 spiro atoms. The molecule has 2 nitrogen and oxygen atoms in total. The van der Waals surface area contributed by atoms with Gasteiger partial charge >= 0.3 is 0 Å². The summed E-state index contributed by atoms with van der Waals surface area (Å²) in [6.07, 6.45) is 3.01. The number of benzene rings is 1. The third kappa shape index (κ3) is 1.83. The molecule has 3 heteroatoms. The Kier molecular flexibility index (Phi) is 2.89. The quantitative estimate of drug-likeness (QED) is 0.607. The fourth-order valence-corrected chi connectivity index (χ4v) is 1.88. The largest absolute Gasteiger partial charge is 0.307 e. The number of carbonyl (C=O) groups excluding carboxylic acids is 1. The van der Waals surface area contributed by atoms with Crippen molar-refractivity contribution in [3.8, 4) is 0 Å². The van der Waals surface area contributed by atoms with Crippen LogP contribution in [-0.2, 0) is 0 Å². The number of hydrogen-bond donors (Lipinski definition) is 1. The summed E-state index contributed by atoms with van der Waals surface area (Å²) in [5.41, 5.74) is 0.819. The van der Waals surface area contributed by atoms with Gasteiger partial charge in [0.15, 0.2) is 5.78 Å². The molecular formula is C11H13NOS. The van der Waals surface area contributed by atoms with Crippen LogP contribution in [0.25, 0.3) is 0 Å². The predicted octanol–water partition coefficient (Wildman–Crippen LogP) is 1.95. The van der Waals surface area contributed by atoms with Gasteiger partial charge in [-0.25, -0.2) is 0 Å². The maximum absolute atomic E-state index is 11.8. The van der Waals surface area contributed by atoms with E-state index in [0.717, 1.165) is 18.5 Å². The number of rotatable bonds is 3. The maximum atomic E-state index is 11.8. The lowest BCUT2D eigenvalue weighted by Gasteiger charge is -2.26. The summed E-state index contributed by atoms with van der Waals surface area (Å²) in [4.78, 5) is 13.0. The van der Waals surface area contributed by atoms with E-state index in [0.29, 0.717) is 0 Å². The molecule has 1 aliphatic heterocycles. The van der Waals surface area contributed by atoms with Crippen molar-refractivity contribution < 1.29 is 4.79 Å². The molecule has 0 amide bonds. The molecule has 14 heavy (non-hydrogen) atoms. The Morgan fingerprint density at radius 1 is 1.43 bits per heavy atom. The van der Waals surface area contributed by atoms with E-state index in [4.69, 9.17) is 0 Å². The average Bonchev–Trinajstić information content (AvgIpc) is 2.15. The van der Waals surface area contributed by atoms with Crippen molar-refractivity contribution in [2.24, 2.45) is 0 Å². The van der Waals surface area contributed by atoms with Crippen LogP contribution in [0.5, 0.6) is 0 Å². The van der Waals surface area contributed by atoms with Crippen LogP contribution in [0.1, 0.15) is 16.8 Å². The van der Waals surface area contributed by atoms with Crippen molar-refractivity contribution in [2.45, 2.75) is 17.4 Å². The standard InChI is InChI=1S/C11H13NOS/c1-14-9-4-2-8(3-5-9)11(13)10-6-7-12-10/h2-5,10,12H,6-7H2,1H3. The average molecular weight is 207 g/mol. The highest BCUT2D eigenvalue weighted by Crippen LogP contribution is 2.17.